The Balaban J connectivity index is 2.22. The highest BCUT2D eigenvalue weighted by Crippen LogP contribution is 2.29. The first-order chi connectivity index (χ1) is 10.2. The van der Waals surface area contributed by atoms with Gasteiger partial charge in [0.25, 0.3) is 0 Å². The van der Waals surface area contributed by atoms with Crippen molar-refractivity contribution in [3.05, 3.63) is 54.1 Å². The molecule has 0 saturated heterocycles. The van der Waals surface area contributed by atoms with Gasteiger partial charge in [0, 0.05) is 25.5 Å². The number of hydrogen-bond acceptors (Lipinski definition) is 2. The molecular weight excluding hydrogens is 258 g/mol. The Morgan fingerprint density at radius 1 is 1.14 bits per heavy atom. The van der Waals surface area contributed by atoms with E-state index in [0.717, 1.165) is 5.82 Å². The minimum absolute atomic E-state index is 0.232. The monoisotopic (exact) mass is 285 g/mol. The number of nitrogens with one attached hydrogen (secondary N) is 1. The third-order valence-corrected chi connectivity index (χ3v) is 4.35. The van der Waals surface area contributed by atoms with Crippen LogP contribution in [0.2, 0.25) is 0 Å². The summed E-state index contributed by atoms with van der Waals surface area (Å²) in [4.78, 5) is 4.47. The van der Waals surface area contributed by atoms with Crippen LogP contribution < -0.4 is 5.32 Å². The Bertz CT molecular complexity index is 528. The Labute approximate surface area is 128 Å². The van der Waals surface area contributed by atoms with Crippen molar-refractivity contribution in [3.63, 3.8) is 0 Å². The Kier molecular flexibility index (Phi) is 5.57. The maximum Gasteiger partial charge on any atom is 0.125 e. The summed E-state index contributed by atoms with van der Waals surface area (Å²) >= 11 is 0. The highest BCUT2D eigenvalue weighted by atomic mass is 15.1. The van der Waals surface area contributed by atoms with Gasteiger partial charge in [-0.3, -0.25) is 0 Å². The summed E-state index contributed by atoms with van der Waals surface area (Å²) in [6.45, 7) is 6.75. The van der Waals surface area contributed by atoms with Crippen molar-refractivity contribution in [1.82, 2.24) is 14.9 Å². The molecular formula is C18H27N3. The molecule has 1 heterocycles. The summed E-state index contributed by atoms with van der Waals surface area (Å²) < 4.78 is 2.09. The highest BCUT2D eigenvalue weighted by molar-refractivity contribution is 5.20. The van der Waals surface area contributed by atoms with Crippen LogP contribution in [0.5, 0.6) is 0 Å². The molecule has 0 bridgehead atoms. The zero-order valence-electron chi connectivity index (χ0n) is 13.6. The molecule has 2 unspecified atom stereocenters. The molecule has 1 aromatic heterocycles. The smallest absolute Gasteiger partial charge is 0.125 e. The molecule has 0 amide bonds. The molecule has 0 aliphatic heterocycles. The van der Waals surface area contributed by atoms with E-state index in [0.29, 0.717) is 12.0 Å². The Hall–Kier alpha value is -1.61. The maximum absolute atomic E-state index is 4.47. The number of benzene rings is 1. The predicted octanol–water partition coefficient (Wildman–Crippen LogP) is 4.25. The third kappa shape index (κ3) is 3.73. The first kappa shape index (κ1) is 15.8. The van der Waals surface area contributed by atoms with Crippen LogP contribution in [-0.2, 0) is 7.05 Å². The molecule has 2 aromatic rings. The lowest BCUT2D eigenvalue weighted by Gasteiger charge is -2.30. The number of hydrogen-bond donors (Lipinski definition) is 1. The van der Waals surface area contributed by atoms with Crippen molar-refractivity contribution >= 4 is 0 Å². The highest BCUT2D eigenvalue weighted by Gasteiger charge is 2.23. The van der Waals surface area contributed by atoms with E-state index in [1.54, 1.807) is 0 Å². The van der Waals surface area contributed by atoms with Gasteiger partial charge in [0.2, 0.25) is 0 Å². The van der Waals surface area contributed by atoms with E-state index >= 15 is 0 Å². The van der Waals surface area contributed by atoms with Gasteiger partial charge in [-0.05, 0) is 18.4 Å². The van der Waals surface area contributed by atoms with Crippen LogP contribution >= 0.6 is 0 Å². The molecule has 2 rings (SSSR count). The van der Waals surface area contributed by atoms with Crippen LogP contribution in [-0.4, -0.2) is 9.55 Å². The second-order valence-corrected chi connectivity index (χ2v) is 5.75. The average Bonchev–Trinajstić information content (AvgIpc) is 2.94. The fourth-order valence-corrected chi connectivity index (χ4v) is 3.06. The van der Waals surface area contributed by atoms with Crippen molar-refractivity contribution in [3.8, 4) is 0 Å². The topological polar surface area (TPSA) is 29.9 Å². The number of aryl methyl sites for hydroxylation is 1. The summed E-state index contributed by atoms with van der Waals surface area (Å²) in [5.41, 5.74) is 1.37. The zero-order chi connectivity index (χ0) is 15.2. The second kappa shape index (κ2) is 7.41. The van der Waals surface area contributed by atoms with E-state index < -0.39 is 0 Å². The van der Waals surface area contributed by atoms with E-state index in [1.165, 1.54) is 18.4 Å². The molecule has 1 N–H and O–H groups in total. The van der Waals surface area contributed by atoms with Gasteiger partial charge in [0.15, 0.2) is 0 Å². The van der Waals surface area contributed by atoms with Gasteiger partial charge in [-0.1, -0.05) is 57.0 Å². The molecule has 3 heteroatoms. The van der Waals surface area contributed by atoms with E-state index in [2.05, 4.69) is 73.0 Å². The molecule has 0 radical (unpaired) electrons. The van der Waals surface area contributed by atoms with Crippen LogP contribution in [0.4, 0.5) is 0 Å². The number of rotatable bonds is 7. The van der Waals surface area contributed by atoms with Gasteiger partial charge in [-0.2, -0.15) is 0 Å². The zero-order valence-corrected chi connectivity index (χ0v) is 13.6. The molecule has 0 saturated carbocycles. The van der Waals surface area contributed by atoms with E-state index in [-0.39, 0.29) is 6.04 Å². The quantitative estimate of drug-likeness (QED) is 0.824. The van der Waals surface area contributed by atoms with Crippen molar-refractivity contribution in [2.24, 2.45) is 13.0 Å². The van der Waals surface area contributed by atoms with E-state index in [9.17, 15) is 0 Å². The van der Waals surface area contributed by atoms with Crippen LogP contribution in [0.25, 0.3) is 0 Å². The van der Waals surface area contributed by atoms with Crippen LogP contribution in [0.1, 0.15) is 57.1 Å². The first-order valence-electron chi connectivity index (χ1n) is 7.95. The van der Waals surface area contributed by atoms with Crippen LogP contribution in [0.3, 0.4) is 0 Å². The van der Waals surface area contributed by atoms with Gasteiger partial charge in [-0.25, -0.2) is 4.98 Å². The predicted molar refractivity (Wildman–Crippen MR) is 88.0 cm³/mol. The van der Waals surface area contributed by atoms with Gasteiger partial charge >= 0.3 is 0 Å². The summed E-state index contributed by atoms with van der Waals surface area (Å²) in [5, 5.41) is 3.80. The first-order valence-corrected chi connectivity index (χ1v) is 7.95. The maximum atomic E-state index is 4.47. The minimum Gasteiger partial charge on any atom is -0.337 e. The standard InChI is InChI=1S/C18H27N3/c1-5-15(6-2)17(16-10-8-7-9-11-16)20-14(3)18-19-12-13-21(18)4/h7-15,17,20H,5-6H2,1-4H3. The van der Waals surface area contributed by atoms with E-state index in [4.69, 9.17) is 0 Å². The van der Waals surface area contributed by atoms with Crippen LogP contribution in [0, 0.1) is 5.92 Å². The molecule has 21 heavy (non-hydrogen) atoms. The molecule has 0 fully saturated rings. The van der Waals surface area contributed by atoms with Crippen molar-refractivity contribution in [1.29, 1.82) is 0 Å². The second-order valence-electron chi connectivity index (χ2n) is 5.75. The number of imidazole rings is 1. The summed E-state index contributed by atoms with van der Waals surface area (Å²) in [6, 6.07) is 11.4. The lowest BCUT2D eigenvalue weighted by Crippen LogP contribution is -2.31. The molecule has 2 atom stereocenters. The van der Waals surface area contributed by atoms with Gasteiger partial charge in [0.05, 0.1) is 6.04 Å². The van der Waals surface area contributed by atoms with Gasteiger partial charge < -0.3 is 9.88 Å². The fraction of sp³-hybridized carbons (Fsp3) is 0.500. The Morgan fingerprint density at radius 3 is 2.33 bits per heavy atom. The molecule has 0 spiro atoms. The van der Waals surface area contributed by atoms with Gasteiger partial charge in [-0.15, -0.1) is 0 Å². The summed E-state index contributed by atoms with van der Waals surface area (Å²) in [7, 11) is 2.05. The van der Waals surface area contributed by atoms with Crippen molar-refractivity contribution in [2.75, 3.05) is 0 Å². The summed E-state index contributed by atoms with van der Waals surface area (Å²) in [6.07, 6.45) is 6.22. The molecule has 114 valence electrons. The van der Waals surface area contributed by atoms with E-state index in [1.807, 2.05) is 12.4 Å². The number of aromatic nitrogens is 2. The van der Waals surface area contributed by atoms with Crippen molar-refractivity contribution in [2.45, 2.75) is 45.7 Å². The molecule has 1 aromatic carbocycles. The largest absolute Gasteiger partial charge is 0.337 e. The molecule has 0 aliphatic rings. The molecule has 0 aliphatic carbocycles. The fourth-order valence-electron chi connectivity index (χ4n) is 3.06. The Morgan fingerprint density at radius 2 is 1.81 bits per heavy atom. The lowest BCUT2D eigenvalue weighted by molar-refractivity contribution is 0.310. The SMILES string of the molecule is CCC(CC)C(NC(C)c1nccn1C)c1ccccc1. The minimum atomic E-state index is 0.232. The summed E-state index contributed by atoms with van der Waals surface area (Å²) in [5.74, 6) is 1.72. The molecule has 3 nitrogen and oxygen atoms in total. The van der Waals surface area contributed by atoms with Crippen LogP contribution in [0.15, 0.2) is 42.7 Å². The third-order valence-electron chi connectivity index (χ3n) is 4.35. The van der Waals surface area contributed by atoms with Crippen molar-refractivity contribution < 1.29 is 0 Å². The number of nitrogens with zero attached hydrogens (tertiary/aromatic N) is 2. The average molecular weight is 285 g/mol. The normalized spacial score (nSPS) is 14.3. The lowest BCUT2D eigenvalue weighted by atomic mass is 9.88. The van der Waals surface area contributed by atoms with Gasteiger partial charge in [0.1, 0.15) is 5.82 Å².